The molecule has 1 amide bonds. The molecule has 0 aliphatic rings. The van der Waals surface area contributed by atoms with Gasteiger partial charge in [0.25, 0.3) is 0 Å². The summed E-state index contributed by atoms with van der Waals surface area (Å²) >= 11 is 0. The number of ether oxygens (including phenoxy) is 1. The lowest BCUT2D eigenvalue weighted by atomic mass is 9.85. The zero-order valence-corrected chi connectivity index (χ0v) is 13.5. The van der Waals surface area contributed by atoms with Crippen molar-refractivity contribution in [3.63, 3.8) is 0 Å². The van der Waals surface area contributed by atoms with E-state index in [0.717, 1.165) is 0 Å². The Morgan fingerprint density at radius 1 is 1.23 bits per heavy atom. The largest absolute Gasteiger partial charge is 0.481 e. The van der Waals surface area contributed by atoms with Gasteiger partial charge in [0.05, 0.1) is 5.41 Å². The van der Waals surface area contributed by atoms with Crippen LogP contribution in [0, 0.1) is 11.2 Å². The molecular formula is C16H22FNO4. The van der Waals surface area contributed by atoms with Crippen LogP contribution >= 0.6 is 0 Å². The summed E-state index contributed by atoms with van der Waals surface area (Å²) in [5.74, 6) is -1.49. The Kier molecular flexibility index (Phi) is 5.17. The molecule has 0 saturated carbocycles. The van der Waals surface area contributed by atoms with E-state index in [1.807, 2.05) is 0 Å². The molecule has 0 aromatic heterocycles. The summed E-state index contributed by atoms with van der Waals surface area (Å²) in [4.78, 5) is 23.0. The van der Waals surface area contributed by atoms with E-state index in [4.69, 9.17) is 4.74 Å². The number of hydrogen-bond acceptors (Lipinski definition) is 3. The molecule has 0 aliphatic carbocycles. The number of aliphatic carboxylic acids is 1. The molecule has 1 aromatic carbocycles. The van der Waals surface area contributed by atoms with Gasteiger partial charge in [-0.25, -0.2) is 9.18 Å². The molecule has 2 N–H and O–H groups in total. The van der Waals surface area contributed by atoms with E-state index >= 15 is 0 Å². The van der Waals surface area contributed by atoms with Crippen LogP contribution < -0.4 is 5.32 Å². The number of carboxylic acid groups (broad SMARTS) is 1. The van der Waals surface area contributed by atoms with Gasteiger partial charge in [0.15, 0.2) is 0 Å². The Hall–Kier alpha value is -2.11. The minimum atomic E-state index is -1.09. The monoisotopic (exact) mass is 311 g/mol. The fourth-order valence-corrected chi connectivity index (χ4v) is 1.80. The summed E-state index contributed by atoms with van der Waals surface area (Å²) in [5, 5.41) is 11.7. The first-order valence-corrected chi connectivity index (χ1v) is 6.92. The highest BCUT2D eigenvalue weighted by Crippen LogP contribution is 2.28. The van der Waals surface area contributed by atoms with Gasteiger partial charge in [0.2, 0.25) is 0 Å². The maximum atomic E-state index is 13.4. The molecule has 122 valence electrons. The van der Waals surface area contributed by atoms with E-state index in [1.165, 1.54) is 32.0 Å². The quantitative estimate of drug-likeness (QED) is 0.886. The van der Waals surface area contributed by atoms with Gasteiger partial charge in [-0.1, -0.05) is 0 Å². The van der Waals surface area contributed by atoms with Gasteiger partial charge in [-0.2, -0.15) is 0 Å². The Morgan fingerprint density at radius 2 is 1.82 bits per heavy atom. The van der Waals surface area contributed by atoms with Crippen LogP contribution in [0.25, 0.3) is 0 Å². The molecule has 0 heterocycles. The highest BCUT2D eigenvalue weighted by Gasteiger charge is 2.29. The number of carboxylic acids is 1. The molecular weight excluding hydrogens is 289 g/mol. The lowest BCUT2D eigenvalue weighted by Crippen LogP contribution is -2.29. The number of anilines is 1. The maximum Gasteiger partial charge on any atom is 0.412 e. The third kappa shape index (κ3) is 5.35. The molecule has 0 spiro atoms. The SMILES string of the molecule is CC(C)(C)OC(=O)Nc1ccc(F)cc1CC(C)(C)C(=O)O. The van der Waals surface area contributed by atoms with Crippen LogP contribution in [0.4, 0.5) is 14.9 Å². The Balaban J connectivity index is 3.01. The number of rotatable bonds is 4. The van der Waals surface area contributed by atoms with Crippen molar-refractivity contribution in [3.8, 4) is 0 Å². The molecule has 0 aliphatic heterocycles. The van der Waals surface area contributed by atoms with Crippen molar-refractivity contribution in [2.45, 2.75) is 46.6 Å². The van der Waals surface area contributed by atoms with Crippen molar-refractivity contribution < 1.29 is 23.8 Å². The zero-order chi connectivity index (χ0) is 17.1. The fourth-order valence-electron chi connectivity index (χ4n) is 1.80. The number of amides is 1. The van der Waals surface area contributed by atoms with Crippen LogP contribution in [0.15, 0.2) is 18.2 Å². The van der Waals surface area contributed by atoms with E-state index in [2.05, 4.69) is 5.32 Å². The smallest absolute Gasteiger partial charge is 0.412 e. The molecule has 22 heavy (non-hydrogen) atoms. The van der Waals surface area contributed by atoms with Gasteiger partial charge in [0.1, 0.15) is 11.4 Å². The maximum absolute atomic E-state index is 13.4. The number of halogens is 1. The average molecular weight is 311 g/mol. The van der Waals surface area contributed by atoms with Gasteiger partial charge < -0.3 is 9.84 Å². The fraction of sp³-hybridized carbons (Fsp3) is 0.500. The first kappa shape index (κ1) is 17.9. The third-order valence-corrected chi connectivity index (χ3v) is 2.91. The second-order valence-electron chi connectivity index (χ2n) is 6.79. The summed E-state index contributed by atoms with van der Waals surface area (Å²) in [6.45, 7) is 8.26. The first-order valence-electron chi connectivity index (χ1n) is 6.92. The lowest BCUT2D eigenvalue weighted by molar-refractivity contribution is -0.146. The van der Waals surface area contributed by atoms with Crippen LogP contribution in [0.2, 0.25) is 0 Å². The Morgan fingerprint density at radius 3 is 2.32 bits per heavy atom. The lowest BCUT2D eigenvalue weighted by Gasteiger charge is -2.23. The summed E-state index contributed by atoms with van der Waals surface area (Å²) in [6, 6.07) is 3.81. The summed E-state index contributed by atoms with van der Waals surface area (Å²) in [6.07, 6.45) is -0.598. The summed E-state index contributed by atoms with van der Waals surface area (Å²) in [5.41, 5.74) is -1.01. The molecule has 0 radical (unpaired) electrons. The summed E-state index contributed by atoms with van der Waals surface area (Å²) in [7, 11) is 0. The number of benzene rings is 1. The van der Waals surface area contributed by atoms with Gasteiger partial charge in [-0.05, 0) is 64.8 Å². The molecule has 1 aromatic rings. The van der Waals surface area contributed by atoms with Crippen LogP contribution in [0.3, 0.4) is 0 Å². The second-order valence-corrected chi connectivity index (χ2v) is 6.79. The van der Waals surface area contributed by atoms with Gasteiger partial charge in [-0.15, -0.1) is 0 Å². The van der Waals surface area contributed by atoms with Crippen molar-refractivity contribution in [1.82, 2.24) is 0 Å². The van der Waals surface area contributed by atoms with Crippen molar-refractivity contribution in [1.29, 1.82) is 0 Å². The molecule has 0 atom stereocenters. The molecule has 0 bridgehead atoms. The van der Waals surface area contributed by atoms with Gasteiger partial charge in [-0.3, -0.25) is 10.1 Å². The molecule has 1 rings (SSSR count). The van der Waals surface area contributed by atoms with Crippen molar-refractivity contribution in [3.05, 3.63) is 29.6 Å². The highest BCUT2D eigenvalue weighted by molar-refractivity contribution is 5.86. The molecule has 5 nitrogen and oxygen atoms in total. The number of hydrogen-bond donors (Lipinski definition) is 2. The van der Waals surface area contributed by atoms with Crippen LogP contribution in [0.5, 0.6) is 0 Å². The molecule has 0 fully saturated rings. The standard InChI is InChI=1S/C16H22FNO4/c1-15(2,3)22-14(21)18-12-7-6-11(17)8-10(12)9-16(4,5)13(19)20/h6-8H,9H2,1-5H3,(H,18,21)(H,19,20). The minimum Gasteiger partial charge on any atom is -0.481 e. The third-order valence-electron chi connectivity index (χ3n) is 2.91. The average Bonchev–Trinajstić information content (AvgIpc) is 2.29. The number of carbonyl (C=O) groups is 2. The van der Waals surface area contributed by atoms with Crippen LogP contribution in [-0.2, 0) is 16.0 Å². The Bertz CT molecular complexity index is 576. The number of nitrogens with one attached hydrogen (secondary N) is 1. The van der Waals surface area contributed by atoms with Crippen molar-refractivity contribution >= 4 is 17.7 Å². The topological polar surface area (TPSA) is 75.6 Å². The zero-order valence-electron chi connectivity index (χ0n) is 13.5. The van der Waals surface area contributed by atoms with Crippen LogP contribution in [-0.4, -0.2) is 22.8 Å². The van der Waals surface area contributed by atoms with E-state index in [1.54, 1.807) is 20.8 Å². The van der Waals surface area contributed by atoms with E-state index in [-0.39, 0.29) is 6.42 Å². The van der Waals surface area contributed by atoms with Crippen LogP contribution in [0.1, 0.15) is 40.2 Å². The highest BCUT2D eigenvalue weighted by atomic mass is 19.1. The van der Waals surface area contributed by atoms with Crippen molar-refractivity contribution in [2.24, 2.45) is 5.41 Å². The second kappa shape index (κ2) is 6.34. The number of carbonyl (C=O) groups excluding carboxylic acids is 1. The predicted molar refractivity (Wildman–Crippen MR) is 81.4 cm³/mol. The van der Waals surface area contributed by atoms with E-state index in [0.29, 0.717) is 11.3 Å². The molecule has 0 unspecified atom stereocenters. The van der Waals surface area contributed by atoms with Gasteiger partial charge in [0, 0.05) is 5.69 Å². The Labute approximate surface area is 129 Å². The van der Waals surface area contributed by atoms with E-state index in [9.17, 15) is 19.1 Å². The van der Waals surface area contributed by atoms with Crippen molar-refractivity contribution in [2.75, 3.05) is 5.32 Å². The molecule has 0 saturated heterocycles. The summed E-state index contributed by atoms with van der Waals surface area (Å²) < 4.78 is 18.6. The first-order chi connectivity index (χ1) is 9.90. The predicted octanol–water partition coefficient (Wildman–Crippen LogP) is 3.83. The minimum absolute atomic E-state index is 0.0746. The normalized spacial score (nSPS) is 11.9. The van der Waals surface area contributed by atoms with E-state index < -0.39 is 28.9 Å². The molecule has 6 heteroatoms. The van der Waals surface area contributed by atoms with Gasteiger partial charge >= 0.3 is 12.1 Å².